The van der Waals surface area contributed by atoms with E-state index in [1.165, 1.54) is 18.2 Å². The molecule has 0 fully saturated rings. The number of halogens is 1. The van der Waals surface area contributed by atoms with E-state index in [1.54, 1.807) is 11.3 Å². The van der Waals surface area contributed by atoms with Crippen molar-refractivity contribution in [2.24, 2.45) is 0 Å². The van der Waals surface area contributed by atoms with Crippen LogP contribution in [0.25, 0.3) is 10.6 Å². The average molecular weight is 613 g/mol. The van der Waals surface area contributed by atoms with Crippen molar-refractivity contribution in [1.82, 2.24) is 15.0 Å². The van der Waals surface area contributed by atoms with Gasteiger partial charge in [-0.1, -0.05) is 27.3 Å². The number of methoxy groups -OCH3 is 1. The van der Waals surface area contributed by atoms with Gasteiger partial charge in [-0.25, -0.2) is 19.7 Å². The van der Waals surface area contributed by atoms with Crippen LogP contribution in [0.2, 0.25) is 0 Å². The van der Waals surface area contributed by atoms with E-state index in [-0.39, 0.29) is 19.3 Å². The zero-order chi connectivity index (χ0) is 27.8. The highest BCUT2D eigenvalue weighted by molar-refractivity contribution is 9.10. The molecule has 3 heterocycles. The summed E-state index contributed by atoms with van der Waals surface area (Å²) in [5.74, 6) is 1.04. The number of nitrogen functional groups attached to an aromatic ring is 2. The highest BCUT2D eigenvalue weighted by atomic mass is 79.9. The number of pyridine rings is 2. The molecule has 1 aliphatic rings. The number of esters is 1. The second-order valence-electron chi connectivity index (χ2n) is 8.76. The predicted molar refractivity (Wildman–Crippen MR) is 166 cm³/mol. The number of aromatic nitrogens is 3. The Bertz CT molecular complexity index is 1340. The lowest BCUT2D eigenvalue weighted by atomic mass is 9.82. The molecular weight excluding hydrogens is 574 g/mol. The van der Waals surface area contributed by atoms with Crippen LogP contribution in [0.1, 0.15) is 77.7 Å². The van der Waals surface area contributed by atoms with Gasteiger partial charge in [-0.2, -0.15) is 0 Å². The molecule has 0 saturated carbocycles. The molecule has 4 N–H and O–H groups in total. The lowest BCUT2D eigenvalue weighted by molar-refractivity contribution is 0.0600. The Labute approximate surface area is 244 Å². The fourth-order valence-corrected chi connectivity index (χ4v) is 5.95. The first-order chi connectivity index (χ1) is 18.2. The number of thiazole rings is 1. The van der Waals surface area contributed by atoms with Crippen molar-refractivity contribution < 1.29 is 9.53 Å². The van der Waals surface area contributed by atoms with Crippen molar-refractivity contribution >= 4 is 44.9 Å². The van der Waals surface area contributed by atoms with Crippen LogP contribution in [0.4, 0.5) is 11.6 Å². The van der Waals surface area contributed by atoms with Gasteiger partial charge >= 0.3 is 5.97 Å². The fraction of sp³-hybridized carbons (Fsp3) is 0.333. The summed E-state index contributed by atoms with van der Waals surface area (Å²) in [6.07, 6.45) is 5.00. The summed E-state index contributed by atoms with van der Waals surface area (Å²) >= 11 is 4.89. The predicted octanol–water partition coefficient (Wildman–Crippen LogP) is 7.75. The molecule has 9 heteroatoms. The molecular formula is C30H38BrN5O2S. The SMILES string of the molecule is C.CC.COC(=O)c1ccc2c(c1)CCCC2c1ncc(-c2cc(C)cc(N)n2)s1.Cc1cc(N)nc(Br)c1. The Hall–Kier alpha value is -3.30. The zero-order valence-electron chi connectivity index (χ0n) is 22.4. The first-order valence-corrected chi connectivity index (χ1v) is 14.2. The molecule has 39 heavy (non-hydrogen) atoms. The van der Waals surface area contributed by atoms with E-state index >= 15 is 0 Å². The molecule has 0 aliphatic heterocycles. The molecule has 4 aromatic rings. The molecule has 7 nitrogen and oxygen atoms in total. The summed E-state index contributed by atoms with van der Waals surface area (Å²) in [7, 11) is 1.41. The maximum Gasteiger partial charge on any atom is 0.337 e. The summed E-state index contributed by atoms with van der Waals surface area (Å²) in [6, 6.07) is 13.5. The van der Waals surface area contributed by atoms with Gasteiger partial charge in [0.25, 0.3) is 0 Å². The maximum atomic E-state index is 11.8. The topological polar surface area (TPSA) is 117 Å². The highest BCUT2D eigenvalue weighted by Crippen LogP contribution is 2.40. The van der Waals surface area contributed by atoms with Gasteiger partial charge in [0.1, 0.15) is 21.2 Å². The monoisotopic (exact) mass is 611 g/mol. The molecule has 0 saturated heterocycles. The third-order valence-electron chi connectivity index (χ3n) is 5.90. The van der Waals surface area contributed by atoms with E-state index < -0.39 is 0 Å². The highest BCUT2D eigenvalue weighted by Gasteiger charge is 2.25. The molecule has 0 spiro atoms. The number of carbonyl (C=O) groups excluding carboxylic acids is 1. The quantitative estimate of drug-likeness (QED) is 0.179. The molecule has 1 unspecified atom stereocenters. The number of ether oxygens (including phenoxy) is 1. The minimum Gasteiger partial charge on any atom is -0.465 e. The fourth-order valence-electron chi connectivity index (χ4n) is 4.35. The minimum absolute atomic E-state index is 0. The van der Waals surface area contributed by atoms with Crippen LogP contribution in [0.15, 0.2) is 53.3 Å². The molecule has 208 valence electrons. The van der Waals surface area contributed by atoms with E-state index in [0.717, 1.165) is 50.6 Å². The van der Waals surface area contributed by atoms with Crippen molar-refractivity contribution in [2.75, 3.05) is 18.6 Å². The minimum atomic E-state index is -0.292. The molecule has 1 aliphatic carbocycles. The van der Waals surface area contributed by atoms with E-state index in [1.807, 2.05) is 70.3 Å². The Morgan fingerprint density at radius 3 is 2.31 bits per heavy atom. The smallest absolute Gasteiger partial charge is 0.337 e. The number of hydrogen-bond acceptors (Lipinski definition) is 8. The number of carbonyl (C=O) groups is 1. The summed E-state index contributed by atoms with van der Waals surface area (Å²) in [5, 5.41) is 1.08. The van der Waals surface area contributed by atoms with Crippen molar-refractivity contribution in [3.63, 3.8) is 0 Å². The zero-order valence-corrected chi connectivity index (χ0v) is 24.8. The number of anilines is 2. The van der Waals surface area contributed by atoms with E-state index in [9.17, 15) is 4.79 Å². The third-order valence-corrected chi connectivity index (χ3v) is 7.44. The molecule has 3 aromatic heterocycles. The van der Waals surface area contributed by atoms with Crippen LogP contribution in [-0.4, -0.2) is 28.0 Å². The Balaban J connectivity index is 0.000000377. The van der Waals surface area contributed by atoms with Crippen LogP contribution in [0.5, 0.6) is 0 Å². The number of fused-ring (bicyclic) bond motifs is 1. The largest absolute Gasteiger partial charge is 0.465 e. The van der Waals surface area contributed by atoms with Crippen LogP contribution in [0.3, 0.4) is 0 Å². The van der Waals surface area contributed by atoms with Gasteiger partial charge in [-0.3, -0.25) is 0 Å². The standard InChI is InChI=1S/C21H21N3O2S.C6H7BrN2.C2H6.CH4/c1-12-8-17(24-19(22)9-12)18-11-23-20(27-18)16-5-3-4-13-10-14(21(25)26-2)6-7-15(13)16;1-4-2-5(7)9-6(8)3-4;1-2;/h6-11,16H,3-5H2,1-2H3,(H2,22,24);2-3H,1H3,(H2,8,9);1-2H3;1H4. The van der Waals surface area contributed by atoms with Crippen LogP contribution < -0.4 is 11.5 Å². The van der Waals surface area contributed by atoms with Crippen LogP contribution in [-0.2, 0) is 11.2 Å². The second kappa shape index (κ2) is 14.7. The molecule has 1 aromatic carbocycles. The van der Waals surface area contributed by atoms with Crippen LogP contribution in [0, 0.1) is 13.8 Å². The van der Waals surface area contributed by atoms with Crippen molar-refractivity contribution in [2.45, 2.75) is 60.3 Å². The van der Waals surface area contributed by atoms with Crippen LogP contribution >= 0.6 is 27.3 Å². The number of hydrogen-bond donors (Lipinski definition) is 2. The van der Waals surface area contributed by atoms with Gasteiger partial charge < -0.3 is 16.2 Å². The van der Waals surface area contributed by atoms with Gasteiger partial charge in [0.15, 0.2) is 0 Å². The van der Waals surface area contributed by atoms with Crippen molar-refractivity contribution in [3.05, 3.63) is 86.1 Å². The van der Waals surface area contributed by atoms with Crippen molar-refractivity contribution in [3.8, 4) is 10.6 Å². The lowest BCUT2D eigenvalue weighted by Crippen LogP contribution is -2.12. The first kappa shape index (κ1) is 31.9. The summed E-state index contributed by atoms with van der Waals surface area (Å²) in [5.41, 5.74) is 17.5. The summed E-state index contributed by atoms with van der Waals surface area (Å²) < 4.78 is 5.64. The number of rotatable bonds is 3. The van der Waals surface area contributed by atoms with E-state index in [2.05, 4.69) is 32.0 Å². The first-order valence-electron chi connectivity index (χ1n) is 12.5. The number of nitrogens with zero attached hydrogens (tertiary/aromatic N) is 3. The average Bonchev–Trinajstić information content (AvgIpc) is 3.38. The van der Waals surface area contributed by atoms with Gasteiger partial charge in [-0.15, -0.1) is 11.3 Å². The maximum absolute atomic E-state index is 11.8. The van der Waals surface area contributed by atoms with Gasteiger partial charge in [0.2, 0.25) is 0 Å². The molecule has 0 bridgehead atoms. The number of benzene rings is 1. The van der Waals surface area contributed by atoms with Gasteiger partial charge in [0.05, 0.1) is 23.2 Å². The summed E-state index contributed by atoms with van der Waals surface area (Å²) in [4.78, 5) is 25.9. The molecule has 0 amide bonds. The second-order valence-corrected chi connectivity index (χ2v) is 10.6. The molecule has 5 rings (SSSR count). The van der Waals surface area contributed by atoms with E-state index in [0.29, 0.717) is 17.2 Å². The summed E-state index contributed by atoms with van der Waals surface area (Å²) in [6.45, 7) is 7.99. The molecule has 1 atom stereocenters. The Morgan fingerprint density at radius 1 is 1.03 bits per heavy atom. The Kier molecular flexibility index (Phi) is 12.1. The van der Waals surface area contributed by atoms with Gasteiger partial charge in [0, 0.05) is 12.1 Å². The molecule has 0 radical (unpaired) electrons. The third kappa shape index (κ3) is 8.34. The lowest BCUT2D eigenvalue weighted by Gasteiger charge is -2.24. The van der Waals surface area contributed by atoms with Gasteiger partial charge in [-0.05, 0) is 108 Å². The normalized spacial score (nSPS) is 13.4. The Morgan fingerprint density at radius 2 is 1.69 bits per heavy atom. The van der Waals surface area contributed by atoms with E-state index in [4.69, 9.17) is 21.2 Å². The van der Waals surface area contributed by atoms with Crippen molar-refractivity contribution in [1.29, 1.82) is 0 Å². The number of nitrogens with two attached hydrogens (primary N) is 2. The number of aryl methyl sites for hydroxylation is 3.